The summed E-state index contributed by atoms with van der Waals surface area (Å²) in [6.07, 6.45) is 4.55. The summed E-state index contributed by atoms with van der Waals surface area (Å²) in [7, 11) is 0. The molecule has 130 valence electrons. The van der Waals surface area contributed by atoms with Crippen LogP contribution >= 0.6 is 15.9 Å². The minimum Gasteiger partial charge on any atom is -0.352 e. The Kier molecular flexibility index (Phi) is 5.97. The molecule has 0 radical (unpaired) electrons. The minimum atomic E-state index is -2.73. The molecule has 1 amide bonds. The lowest BCUT2D eigenvalue weighted by atomic mass is 10.1. The number of carbonyl (C=O) groups excluding carboxylic acids is 1. The molecule has 1 N–H and O–H groups in total. The highest BCUT2D eigenvalue weighted by molar-refractivity contribution is 9.10. The molecule has 0 heterocycles. The molecular weight excluding hydrogens is 376 g/mol. The fourth-order valence-corrected chi connectivity index (χ4v) is 2.82. The second-order valence-corrected chi connectivity index (χ2v) is 7.53. The maximum atomic E-state index is 14.0. The van der Waals surface area contributed by atoms with Crippen LogP contribution in [0, 0.1) is 11.8 Å². The van der Waals surface area contributed by atoms with Crippen LogP contribution in [0.15, 0.2) is 52.5 Å². The summed E-state index contributed by atoms with van der Waals surface area (Å²) in [5.74, 6) is -4.16. The van der Waals surface area contributed by atoms with E-state index < -0.39 is 17.8 Å². The summed E-state index contributed by atoms with van der Waals surface area (Å²) < 4.78 is 28.9. The second-order valence-electron chi connectivity index (χ2n) is 6.62. The lowest BCUT2D eigenvalue weighted by Gasteiger charge is -2.04. The van der Waals surface area contributed by atoms with Gasteiger partial charge in [0, 0.05) is 17.1 Å². The molecule has 1 aromatic rings. The number of benzene rings is 1. The molecule has 1 aromatic carbocycles. The van der Waals surface area contributed by atoms with Crippen molar-refractivity contribution in [3.63, 3.8) is 0 Å². The highest BCUT2D eigenvalue weighted by atomic mass is 79.9. The van der Waals surface area contributed by atoms with E-state index in [9.17, 15) is 13.6 Å². The third-order valence-corrected chi connectivity index (χ3v) is 4.48. The van der Waals surface area contributed by atoms with Crippen LogP contribution < -0.4 is 5.32 Å². The average molecular weight is 398 g/mol. The maximum Gasteiger partial charge on any atom is 0.262 e. The Labute approximate surface area is 150 Å². The first-order valence-corrected chi connectivity index (χ1v) is 8.78. The molecule has 2 nitrogen and oxygen atoms in total. The second kappa shape index (κ2) is 7.60. The monoisotopic (exact) mass is 397 g/mol. The number of nitrogens with one attached hydrogen (secondary N) is 1. The van der Waals surface area contributed by atoms with Crippen molar-refractivity contribution >= 4 is 21.8 Å². The predicted molar refractivity (Wildman–Crippen MR) is 96.1 cm³/mol. The number of carbonyl (C=O) groups is 1. The smallest absolute Gasteiger partial charge is 0.262 e. The summed E-state index contributed by atoms with van der Waals surface area (Å²) in [6.45, 7) is 6.35. The molecule has 0 spiro atoms. The number of hydrogen-bond acceptors (Lipinski definition) is 1. The van der Waals surface area contributed by atoms with Crippen LogP contribution in [0.1, 0.15) is 32.3 Å². The van der Waals surface area contributed by atoms with Crippen molar-refractivity contribution in [2.24, 2.45) is 11.8 Å². The van der Waals surface area contributed by atoms with Gasteiger partial charge in [-0.2, -0.15) is 0 Å². The van der Waals surface area contributed by atoms with Gasteiger partial charge in [-0.05, 0) is 36.1 Å². The lowest BCUT2D eigenvalue weighted by Crippen LogP contribution is -2.25. The molecule has 0 saturated heterocycles. The van der Waals surface area contributed by atoms with Crippen LogP contribution in [0.5, 0.6) is 0 Å². The standard InChI is InChI=1S/C19H22BrF2NO/c1-12(2)11-23-17(24)10-13(3)4-9-16-18(19(16,21)22)14-5-7-15(20)8-6-14/h4-10,12,16,18H,11H2,1-3H3,(H,23,24)/b9-4+,13-10+/t16-,18-/m0/s1. The van der Waals surface area contributed by atoms with Gasteiger partial charge in [0.15, 0.2) is 0 Å². The van der Waals surface area contributed by atoms with Gasteiger partial charge in [0.2, 0.25) is 5.91 Å². The number of allylic oxidation sites excluding steroid dienone is 3. The van der Waals surface area contributed by atoms with Crippen molar-refractivity contribution in [1.82, 2.24) is 5.32 Å². The van der Waals surface area contributed by atoms with Crippen LogP contribution in [0.4, 0.5) is 8.78 Å². The molecule has 0 aliphatic heterocycles. The van der Waals surface area contributed by atoms with Gasteiger partial charge in [0.05, 0.1) is 11.8 Å². The number of alkyl halides is 2. The molecule has 5 heteroatoms. The molecule has 24 heavy (non-hydrogen) atoms. The van der Waals surface area contributed by atoms with E-state index in [1.165, 1.54) is 12.2 Å². The quantitative estimate of drug-likeness (QED) is 0.526. The summed E-state index contributed by atoms with van der Waals surface area (Å²) in [6, 6.07) is 6.99. The van der Waals surface area contributed by atoms with Crippen molar-refractivity contribution in [3.8, 4) is 0 Å². The highest BCUT2D eigenvalue weighted by Crippen LogP contribution is 2.62. The zero-order chi connectivity index (χ0) is 17.9. The minimum absolute atomic E-state index is 0.196. The largest absolute Gasteiger partial charge is 0.352 e. The average Bonchev–Trinajstić information content (AvgIpc) is 3.05. The molecule has 1 aliphatic carbocycles. The molecule has 0 unspecified atom stereocenters. The van der Waals surface area contributed by atoms with Crippen LogP contribution in [0.2, 0.25) is 0 Å². The van der Waals surface area contributed by atoms with Gasteiger partial charge in [-0.15, -0.1) is 0 Å². The first-order valence-electron chi connectivity index (χ1n) is 7.99. The topological polar surface area (TPSA) is 29.1 Å². The van der Waals surface area contributed by atoms with Gasteiger partial charge in [-0.3, -0.25) is 4.79 Å². The molecule has 1 saturated carbocycles. The molecular formula is C19H22BrF2NO. The number of rotatable bonds is 6. The summed E-state index contributed by atoms with van der Waals surface area (Å²) >= 11 is 3.31. The van der Waals surface area contributed by atoms with Gasteiger partial charge < -0.3 is 5.32 Å². The van der Waals surface area contributed by atoms with Gasteiger partial charge in [0.1, 0.15) is 0 Å². The van der Waals surface area contributed by atoms with E-state index in [0.29, 0.717) is 23.6 Å². The number of amides is 1. The summed E-state index contributed by atoms with van der Waals surface area (Å²) in [4.78, 5) is 11.7. The van der Waals surface area contributed by atoms with E-state index in [1.54, 1.807) is 37.3 Å². The van der Waals surface area contributed by atoms with E-state index >= 15 is 0 Å². The Hall–Kier alpha value is -1.49. The van der Waals surface area contributed by atoms with Crippen LogP contribution in [0.3, 0.4) is 0 Å². The fraction of sp³-hybridized carbons (Fsp3) is 0.421. The SMILES string of the molecule is CC(/C=C/[C@H]1[C@H](c2ccc(Br)cc2)C1(F)F)=C\C(=O)NCC(C)C. The van der Waals surface area contributed by atoms with Crippen molar-refractivity contribution < 1.29 is 13.6 Å². The van der Waals surface area contributed by atoms with E-state index in [-0.39, 0.29) is 5.91 Å². The molecule has 2 rings (SSSR count). The van der Waals surface area contributed by atoms with Crippen molar-refractivity contribution in [2.75, 3.05) is 6.54 Å². The van der Waals surface area contributed by atoms with Crippen LogP contribution in [0.25, 0.3) is 0 Å². The van der Waals surface area contributed by atoms with Gasteiger partial charge >= 0.3 is 0 Å². The highest BCUT2D eigenvalue weighted by Gasteiger charge is 2.67. The summed E-state index contributed by atoms with van der Waals surface area (Å²) in [5.41, 5.74) is 1.29. The van der Waals surface area contributed by atoms with Crippen molar-refractivity contribution in [2.45, 2.75) is 32.6 Å². The van der Waals surface area contributed by atoms with Gasteiger partial charge in [-0.25, -0.2) is 8.78 Å². The first kappa shape index (κ1) is 18.8. The Morgan fingerprint density at radius 1 is 1.33 bits per heavy atom. The third-order valence-electron chi connectivity index (χ3n) is 3.95. The fourth-order valence-electron chi connectivity index (χ4n) is 2.56. The molecule has 0 bridgehead atoms. The van der Waals surface area contributed by atoms with Gasteiger partial charge in [0.25, 0.3) is 5.92 Å². The van der Waals surface area contributed by atoms with E-state index in [2.05, 4.69) is 21.2 Å². The van der Waals surface area contributed by atoms with Crippen LogP contribution in [-0.4, -0.2) is 18.4 Å². The van der Waals surface area contributed by atoms with Crippen molar-refractivity contribution in [1.29, 1.82) is 0 Å². The Morgan fingerprint density at radius 3 is 2.54 bits per heavy atom. The molecule has 2 atom stereocenters. The Morgan fingerprint density at radius 2 is 1.96 bits per heavy atom. The number of hydrogen-bond donors (Lipinski definition) is 1. The van der Waals surface area contributed by atoms with E-state index in [4.69, 9.17) is 0 Å². The normalized spacial score (nSPS) is 22.9. The molecule has 1 fully saturated rings. The third kappa shape index (κ3) is 4.76. The van der Waals surface area contributed by atoms with Gasteiger partial charge in [-0.1, -0.05) is 54.1 Å². The lowest BCUT2D eigenvalue weighted by molar-refractivity contribution is -0.116. The Balaban J connectivity index is 1.98. The Bertz CT molecular complexity index is 650. The maximum absolute atomic E-state index is 14.0. The van der Waals surface area contributed by atoms with Crippen LogP contribution in [-0.2, 0) is 4.79 Å². The summed E-state index contributed by atoms with van der Waals surface area (Å²) in [5, 5.41) is 2.77. The van der Waals surface area contributed by atoms with E-state index in [1.807, 2.05) is 13.8 Å². The first-order chi connectivity index (χ1) is 11.2. The number of halogens is 3. The predicted octanol–water partition coefficient (Wildman–Crippen LogP) is 5.07. The molecule has 1 aliphatic rings. The van der Waals surface area contributed by atoms with E-state index in [0.717, 1.165) is 4.47 Å². The zero-order valence-electron chi connectivity index (χ0n) is 14.0. The zero-order valence-corrected chi connectivity index (χ0v) is 15.6. The molecule has 0 aromatic heterocycles. The van der Waals surface area contributed by atoms with Crippen molar-refractivity contribution in [3.05, 3.63) is 58.1 Å².